The number of nitrogen functional groups attached to an aromatic ring is 1. The number of aromatic nitrogens is 2. The molecule has 0 saturated heterocycles. The van der Waals surface area contributed by atoms with Crippen LogP contribution < -0.4 is 11.1 Å². The average molecular weight is 220 g/mol. The van der Waals surface area contributed by atoms with E-state index in [0.29, 0.717) is 12.0 Å². The summed E-state index contributed by atoms with van der Waals surface area (Å²) in [5, 5.41) is 3.45. The third-order valence-corrected chi connectivity index (χ3v) is 3.03. The van der Waals surface area contributed by atoms with Crippen molar-refractivity contribution >= 4 is 11.8 Å². The van der Waals surface area contributed by atoms with Crippen LogP contribution in [0.25, 0.3) is 0 Å². The van der Waals surface area contributed by atoms with E-state index in [1.807, 2.05) is 13.0 Å². The molecule has 1 saturated carbocycles. The van der Waals surface area contributed by atoms with Gasteiger partial charge in [-0.1, -0.05) is 19.8 Å². The molecule has 0 aliphatic heterocycles. The lowest BCUT2D eigenvalue weighted by Gasteiger charge is -2.17. The Morgan fingerprint density at radius 2 is 2.25 bits per heavy atom. The van der Waals surface area contributed by atoms with Crippen LogP contribution in [0, 0.1) is 12.8 Å². The van der Waals surface area contributed by atoms with E-state index in [-0.39, 0.29) is 0 Å². The van der Waals surface area contributed by atoms with E-state index in [1.165, 1.54) is 19.3 Å². The molecule has 1 heterocycles. The fraction of sp³-hybridized carbons (Fsp3) is 0.667. The van der Waals surface area contributed by atoms with E-state index < -0.39 is 0 Å². The van der Waals surface area contributed by atoms with Crippen LogP contribution in [0.1, 0.15) is 38.3 Å². The summed E-state index contributed by atoms with van der Waals surface area (Å²) in [5.74, 6) is 2.14. The van der Waals surface area contributed by atoms with E-state index in [0.717, 1.165) is 23.9 Å². The normalized spacial score (nSPS) is 17.1. The Labute approximate surface area is 96.7 Å². The molecule has 0 bridgehead atoms. The third kappa shape index (κ3) is 3.08. The van der Waals surface area contributed by atoms with Crippen molar-refractivity contribution in [2.24, 2.45) is 5.92 Å². The zero-order chi connectivity index (χ0) is 11.5. The molecule has 1 atom stereocenters. The molecule has 0 radical (unpaired) electrons. The lowest BCUT2D eigenvalue weighted by Crippen LogP contribution is -2.20. The van der Waals surface area contributed by atoms with Gasteiger partial charge in [0.15, 0.2) is 0 Å². The first-order valence-corrected chi connectivity index (χ1v) is 6.05. The smallest absolute Gasteiger partial charge is 0.222 e. The Morgan fingerprint density at radius 3 is 2.81 bits per heavy atom. The molecule has 1 aromatic rings. The number of anilines is 2. The zero-order valence-electron chi connectivity index (χ0n) is 10.0. The fourth-order valence-electron chi connectivity index (χ4n) is 1.96. The lowest BCUT2D eigenvalue weighted by atomic mass is 10.1. The molecule has 88 valence electrons. The topological polar surface area (TPSA) is 63.8 Å². The summed E-state index contributed by atoms with van der Waals surface area (Å²) < 4.78 is 0. The molecule has 4 heteroatoms. The molecule has 1 aliphatic carbocycles. The van der Waals surface area contributed by atoms with Crippen LogP contribution in [0.5, 0.6) is 0 Å². The van der Waals surface area contributed by atoms with Gasteiger partial charge in [0.05, 0.1) is 0 Å². The number of nitrogens with two attached hydrogens (primary N) is 1. The minimum Gasteiger partial charge on any atom is -0.368 e. The van der Waals surface area contributed by atoms with E-state index in [4.69, 9.17) is 5.73 Å². The second kappa shape index (κ2) is 4.68. The van der Waals surface area contributed by atoms with Crippen molar-refractivity contribution in [3.05, 3.63) is 11.8 Å². The van der Waals surface area contributed by atoms with E-state index in [2.05, 4.69) is 22.2 Å². The van der Waals surface area contributed by atoms with Crippen molar-refractivity contribution in [3.8, 4) is 0 Å². The molecule has 1 aromatic heterocycles. The molecular formula is C12H20N4. The van der Waals surface area contributed by atoms with Gasteiger partial charge in [-0.15, -0.1) is 0 Å². The minimum atomic E-state index is 0.351. The van der Waals surface area contributed by atoms with Crippen LogP contribution in [-0.4, -0.2) is 16.0 Å². The first kappa shape index (κ1) is 11.2. The molecule has 1 aliphatic rings. The standard InChI is InChI=1S/C12H20N4/c1-3-10(7-9-4-5-9)15-11-6-8(2)14-12(13)16-11/h6,9-10H,3-5,7H2,1-2H3,(H3,13,14,15,16). The number of nitrogens with one attached hydrogen (secondary N) is 1. The van der Waals surface area contributed by atoms with Gasteiger partial charge in [-0.05, 0) is 25.7 Å². The molecule has 4 nitrogen and oxygen atoms in total. The zero-order valence-corrected chi connectivity index (χ0v) is 10.0. The largest absolute Gasteiger partial charge is 0.368 e. The van der Waals surface area contributed by atoms with Crippen LogP contribution in [0.4, 0.5) is 11.8 Å². The van der Waals surface area contributed by atoms with Crippen molar-refractivity contribution < 1.29 is 0 Å². The van der Waals surface area contributed by atoms with Crippen molar-refractivity contribution in [2.75, 3.05) is 11.1 Å². The van der Waals surface area contributed by atoms with Gasteiger partial charge < -0.3 is 11.1 Å². The average Bonchev–Trinajstić information content (AvgIpc) is 2.99. The summed E-state index contributed by atoms with van der Waals surface area (Å²) in [6.07, 6.45) is 5.16. The minimum absolute atomic E-state index is 0.351. The molecule has 2 rings (SSSR count). The predicted molar refractivity (Wildman–Crippen MR) is 66.2 cm³/mol. The summed E-state index contributed by atoms with van der Waals surface area (Å²) >= 11 is 0. The Balaban J connectivity index is 1.99. The van der Waals surface area contributed by atoms with Crippen LogP contribution in [-0.2, 0) is 0 Å². The quantitative estimate of drug-likeness (QED) is 0.799. The van der Waals surface area contributed by atoms with Gasteiger partial charge in [-0.25, -0.2) is 4.98 Å². The maximum absolute atomic E-state index is 5.63. The molecule has 1 fully saturated rings. The Bertz CT molecular complexity index is 340. The molecular weight excluding hydrogens is 200 g/mol. The number of hydrogen-bond acceptors (Lipinski definition) is 4. The van der Waals surface area contributed by atoms with Gasteiger partial charge in [0.1, 0.15) is 5.82 Å². The fourth-order valence-corrected chi connectivity index (χ4v) is 1.96. The molecule has 0 aromatic carbocycles. The molecule has 0 amide bonds. The maximum atomic E-state index is 5.63. The monoisotopic (exact) mass is 220 g/mol. The highest BCUT2D eigenvalue weighted by molar-refractivity contribution is 5.41. The van der Waals surface area contributed by atoms with Crippen molar-refractivity contribution in [1.82, 2.24) is 9.97 Å². The van der Waals surface area contributed by atoms with Crippen LogP contribution in [0.15, 0.2) is 6.07 Å². The second-order valence-electron chi connectivity index (χ2n) is 4.68. The van der Waals surface area contributed by atoms with Gasteiger partial charge in [-0.2, -0.15) is 4.98 Å². The van der Waals surface area contributed by atoms with Gasteiger partial charge >= 0.3 is 0 Å². The summed E-state index contributed by atoms with van der Waals surface area (Å²) in [5.41, 5.74) is 6.54. The van der Waals surface area contributed by atoms with Gasteiger partial charge in [0.2, 0.25) is 5.95 Å². The summed E-state index contributed by atoms with van der Waals surface area (Å²) in [4.78, 5) is 8.27. The van der Waals surface area contributed by atoms with Crippen LogP contribution in [0.2, 0.25) is 0 Å². The summed E-state index contributed by atoms with van der Waals surface area (Å²) in [6, 6.07) is 2.47. The highest BCUT2D eigenvalue weighted by Crippen LogP contribution is 2.34. The number of rotatable bonds is 5. The van der Waals surface area contributed by atoms with Gasteiger partial charge in [-0.3, -0.25) is 0 Å². The van der Waals surface area contributed by atoms with Gasteiger partial charge in [0, 0.05) is 17.8 Å². The van der Waals surface area contributed by atoms with E-state index in [1.54, 1.807) is 0 Å². The first-order valence-electron chi connectivity index (χ1n) is 6.05. The second-order valence-corrected chi connectivity index (χ2v) is 4.68. The first-order chi connectivity index (χ1) is 7.67. The van der Waals surface area contributed by atoms with Crippen LogP contribution in [0.3, 0.4) is 0 Å². The summed E-state index contributed by atoms with van der Waals surface area (Å²) in [6.45, 7) is 4.14. The van der Waals surface area contributed by atoms with Crippen molar-refractivity contribution in [1.29, 1.82) is 0 Å². The summed E-state index contributed by atoms with van der Waals surface area (Å²) in [7, 11) is 0. The molecule has 1 unspecified atom stereocenters. The van der Waals surface area contributed by atoms with Crippen LogP contribution >= 0.6 is 0 Å². The Hall–Kier alpha value is -1.32. The highest BCUT2D eigenvalue weighted by Gasteiger charge is 2.24. The highest BCUT2D eigenvalue weighted by atomic mass is 15.1. The van der Waals surface area contributed by atoms with E-state index >= 15 is 0 Å². The Morgan fingerprint density at radius 1 is 1.50 bits per heavy atom. The predicted octanol–water partition coefficient (Wildman–Crippen LogP) is 2.36. The van der Waals surface area contributed by atoms with Gasteiger partial charge in [0.25, 0.3) is 0 Å². The molecule has 3 N–H and O–H groups in total. The number of hydrogen-bond donors (Lipinski definition) is 2. The lowest BCUT2D eigenvalue weighted by molar-refractivity contribution is 0.585. The number of nitrogens with zero attached hydrogens (tertiary/aromatic N) is 2. The SMILES string of the molecule is CCC(CC1CC1)Nc1cc(C)nc(N)n1. The molecule has 16 heavy (non-hydrogen) atoms. The third-order valence-electron chi connectivity index (χ3n) is 3.03. The van der Waals surface area contributed by atoms with Crippen molar-refractivity contribution in [2.45, 2.75) is 45.6 Å². The van der Waals surface area contributed by atoms with Crippen molar-refractivity contribution in [3.63, 3.8) is 0 Å². The Kier molecular flexibility index (Phi) is 3.27. The van der Waals surface area contributed by atoms with E-state index in [9.17, 15) is 0 Å². The molecule has 0 spiro atoms. The number of aryl methyl sites for hydroxylation is 1. The maximum Gasteiger partial charge on any atom is 0.222 e.